The molecule has 4 aromatic rings. The first-order valence-electron chi connectivity index (χ1n) is 12.0. The Morgan fingerprint density at radius 2 is 1.65 bits per heavy atom. The fourth-order valence-corrected chi connectivity index (χ4v) is 4.55. The summed E-state index contributed by atoms with van der Waals surface area (Å²) in [5.74, 6) is -0.344. The highest BCUT2D eigenvalue weighted by Gasteiger charge is 2.48. The van der Waals surface area contributed by atoms with E-state index >= 15 is 0 Å². The fraction of sp³-hybridized carbons (Fsp3) is 0.207. The Morgan fingerprint density at radius 3 is 2.30 bits per heavy atom. The van der Waals surface area contributed by atoms with Gasteiger partial charge in [-0.3, -0.25) is 14.5 Å². The zero-order valence-electron chi connectivity index (χ0n) is 21.0. The van der Waals surface area contributed by atoms with Crippen LogP contribution in [-0.2, 0) is 9.59 Å². The number of aryl methyl sites for hydroxylation is 2. The summed E-state index contributed by atoms with van der Waals surface area (Å²) in [5.41, 5.74) is 4.57. The number of amides is 1. The summed E-state index contributed by atoms with van der Waals surface area (Å²) < 4.78 is 10.8. The van der Waals surface area contributed by atoms with Gasteiger partial charge in [0.2, 0.25) is 5.95 Å². The molecule has 0 radical (unpaired) electrons. The summed E-state index contributed by atoms with van der Waals surface area (Å²) in [4.78, 5) is 36.0. The van der Waals surface area contributed by atoms with Crippen LogP contribution in [0.1, 0.15) is 35.2 Å². The molecule has 0 bridgehead atoms. The van der Waals surface area contributed by atoms with Crippen LogP contribution >= 0.6 is 0 Å². The molecule has 0 saturated carbocycles. The second kappa shape index (κ2) is 9.46. The first kappa shape index (κ1) is 24.1. The SMILES string of the molecule is CCOc1ccc(/C(O)=C2\C(=O)C(=O)N(c3nc4cc(C)c(C)cc4[nH]3)C2c2ccc(OC)cc2)cc1. The number of rotatable bonds is 6. The van der Waals surface area contributed by atoms with E-state index in [4.69, 9.17) is 9.47 Å². The topological polar surface area (TPSA) is 105 Å². The Labute approximate surface area is 214 Å². The Bertz CT molecular complexity index is 1500. The van der Waals surface area contributed by atoms with E-state index in [1.165, 1.54) is 4.90 Å². The van der Waals surface area contributed by atoms with Crippen molar-refractivity contribution in [2.75, 3.05) is 18.6 Å². The van der Waals surface area contributed by atoms with Gasteiger partial charge in [-0.1, -0.05) is 12.1 Å². The third-order valence-corrected chi connectivity index (χ3v) is 6.63. The molecular formula is C29H27N3O5. The van der Waals surface area contributed by atoms with Crippen LogP contribution in [0, 0.1) is 13.8 Å². The van der Waals surface area contributed by atoms with Crippen LogP contribution in [0.2, 0.25) is 0 Å². The maximum Gasteiger partial charge on any atom is 0.302 e. The number of hydrogen-bond donors (Lipinski definition) is 2. The summed E-state index contributed by atoms with van der Waals surface area (Å²) in [6.07, 6.45) is 0. The van der Waals surface area contributed by atoms with Crippen LogP contribution in [0.5, 0.6) is 11.5 Å². The number of imidazole rings is 1. The summed E-state index contributed by atoms with van der Waals surface area (Å²) in [7, 11) is 1.56. The van der Waals surface area contributed by atoms with E-state index in [9.17, 15) is 14.7 Å². The minimum Gasteiger partial charge on any atom is -0.507 e. The summed E-state index contributed by atoms with van der Waals surface area (Å²) in [6.45, 7) is 6.37. The number of hydrogen-bond acceptors (Lipinski definition) is 6. The molecule has 3 aromatic carbocycles. The monoisotopic (exact) mass is 497 g/mol. The lowest BCUT2D eigenvalue weighted by Crippen LogP contribution is -2.30. The number of aromatic nitrogens is 2. The molecule has 2 heterocycles. The van der Waals surface area contributed by atoms with Crippen molar-refractivity contribution >= 4 is 34.4 Å². The zero-order chi connectivity index (χ0) is 26.3. The number of aliphatic hydroxyl groups is 1. The number of carbonyl (C=O) groups excluding carboxylic acids is 2. The number of benzene rings is 3. The molecule has 1 atom stereocenters. The molecule has 0 aliphatic carbocycles. The molecule has 1 aliphatic rings. The van der Waals surface area contributed by atoms with Crippen molar-refractivity contribution in [3.63, 3.8) is 0 Å². The molecule has 0 spiro atoms. The largest absolute Gasteiger partial charge is 0.507 e. The second-order valence-electron chi connectivity index (χ2n) is 8.91. The Kier molecular flexibility index (Phi) is 6.17. The number of methoxy groups -OCH3 is 1. The molecule has 8 nitrogen and oxygen atoms in total. The maximum absolute atomic E-state index is 13.4. The number of anilines is 1. The molecule has 5 rings (SSSR count). The highest BCUT2D eigenvalue weighted by Crippen LogP contribution is 2.42. The quantitative estimate of drug-likeness (QED) is 0.215. The highest BCUT2D eigenvalue weighted by atomic mass is 16.5. The molecule has 8 heteroatoms. The lowest BCUT2D eigenvalue weighted by Gasteiger charge is -2.23. The first-order valence-corrected chi connectivity index (χ1v) is 12.0. The molecule has 188 valence electrons. The number of nitrogens with zero attached hydrogens (tertiary/aromatic N) is 2. The van der Waals surface area contributed by atoms with Gasteiger partial charge >= 0.3 is 5.91 Å². The molecule has 1 aliphatic heterocycles. The third-order valence-electron chi connectivity index (χ3n) is 6.63. The molecule has 1 amide bonds. The minimum absolute atomic E-state index is 0.0212. The zero-order valence-corrected chi connectivity index (χ0v) is 21.0. The van der Waals surface area contributed by atoms with E-state index in [2.05, 4.69) is 9.97 Å². The molecular weight excluding hydrogens is 470 g/mol. The van der Waals surface area contributed by atoms with Gasteiger partial charge in [0, 0.05) is 5.56 Å². The van der Waals surface area contributed by atoms with Crippen molar-refractivity contribution in [2.45, 2.75) is 26.8 Å². The van der Waals surface area contributed by atoms with Crippen LogP contribution in [0.25, 0.3) is 16.8 Å². The average Bonchev–Trinajstić information content (AvgIpc) is 3.42. The number of carbonyl (C=O) groups is 2. The number of ether oxygens (including phenoxy) is 2. The molecule has 1 saturated heterocycles. The van der Waals surface area contributed by atoms with E-state index in [1.807, 2.05) is 32.9 Å². The van der Waals surface area contributed by atoms with Crippen molar-refractivity contribution in [1.82, 2.24) is 9.97 Å². The van der Waals surface area contributed by atoms with E-state index < -0.39 is 17.7 Å². The number of aromatic amines is 1. The first-order chi connectivity index (χ1) is 17.8. The predicted molar refractivity (Wildman–Crippen MR) is 141 cm³/mol. The number of Topliss-reactive ketones (excluding diaryl/α,β-unsaturated/α-hetero) is 1. The van der Waals surface area contributed by atoms with Crippen LogP contribution in [0.4, 0.5) is 5.95 Å². The molecule has 1 unspecified atom stereocenters. The van der Waals surface area contributed by atoms with Crippen molar-refractivity contribution in [3.8, 4) is 11.5 Å². The Balaban J connectivity index is 1.68. The van der Waals surface area contributed by atoms with Crippen LogP contribution < -0.4 is 14.4 Å². The maximum atomic E-state index is 13.4. The Hall–Kier alpha value is -4.59. The summed E-state index contributed by atoms with van der Waals surface area (Å²) >= 11 is 0. The number of H-pyrrole nitrogens is 1. The summed E-state index contributed by atoms with van der Waals surface area (Å²) in [5, 5.41) is 11.3. The van der Waals surface area contributed by atoms with Crippen molar-refractivity contribution in [1.29, 1.82) is 0 Å². The van der Waals surface area contributed by atoms with Crippen molar-refractivity contribution in [3.05, 3.63) is 88.5 Å². The Morgan fingerprint density at radius 1 is 1.00 bits per heavy atom. The smallest absolute Gasteiger partial charge is 0.302 e. The van der Waals surface area contributed by atoms with Gasteiger partial charge in [-0.15, -0.1) is 0 Å². The highest BCUT2D eigenvalue weighted by molar-refractivity contribution is 6.51. The van der Waals surface area contributed by atoms with Crippen LogP contribution in [0.15, 0.2) is 66.2 Å². The van der Waals surface area contributed by atoms with Gasteiger partial charge in [0.15, 0.2) is 0 Å². The lowest BCUT2D eigenvalue weighted by molar-refractivity contribution is -0.132. The number of nitrogens with one attached hydrogen (secondary N) is 1. The number of aliphatic hydroxyl groups excluding tert-OH is 1. The van der Waals surface area contributed by atoms with Gasteiger partial charge in [-0.2, -0.15) is 0 Å². The van der Waals surface area contributed by atoms with Crippen LogP contribution in [-0.4, -0.2) is 40.5 Å². The lowest BCUT2D eigenvalue weighted by atomic mass is 9.95. The van der Waals surface area contributed by atoms with E-state index in [0.717, 1.165) is 16.6 Å². The van der Waals surface area contributed by atoms with Gasteiger partial charge in [0.1, 0.15) is 17.3 Å². The van der Waals surface area contributed by atoms with Gasteiger partial charge in [0.05, 0.1) is 36.4 Å². The fourth-order valence-electron chi connectivity index (χ4n) is 4.55. The molecule has 1 aromatic heterocycles. The third kappa shape index (κ3) is 4.20. The molecule has 1 fully saturated rings. The normalized spacial score (nSPS) is 17.0. The molecule has 37 heavy (non-hydrogen) atoms. The summed E-state index contributed by atoms with van der Waals surface area (Å²) in [6, 6.07) is 16.8. The van der Waals surface area contributed by atoms with Gasteiger partial charge < -0.3 is 19.6 Å². The second-order valence-corrected chi connectivity index (χ2v) is 8.91. The molecule has 2 N–H and O–H groups in total. The average molecular weight is 498 g/mol. The van der Waals surface area contributed by atoms with Crippen LogP contribution in [0.3, 0.4) is 0 Å². The van der Waals surface area contributed by atoms with Gasteiger partial charge in [0.25, 0.3) is 5.78 Å². The predicted octanol–water partition coefficient (Wildman–Crippen LogP) is 5.21. The van der Waals surface area contributed by atoms with E-state index in [1.54, 1.807) is 55.6 Å². The van der Waals surface area contributed by atoms with Crippen molar-refractivity contribution in [2.24, 2.45) is 0 Å². The van der Waals surface area contributed by atoms with Gasteiger partial charge in [-0.05, 0) is 86.0 Å². The van der Waals surface area contributed by atoms with Crippen molar-refractivity contribution < 1.29 is 24.2 Å². The van der Waals surface area contributed by atoms with E-state index in [-0.39, 0.29) is 17.3 Å². The standard InChI is InChI=1S/C29H27N3O5/c1-5-37-21-12-8-19(9-13-21)26(33)24-25(18-6-10-20(36-4)11-7-18)32(28(35)27(24)34)29-30-22-14-16(2)17(3)15-23(22)31-29/h6-15,25,33H,5H2,1-4H3,(H,30,31)/b26-24+. The van der Waals surface area contributed by atoms with E-state index in [0.29, 0.717) is 34.7 Å². The minimum atomic E-state index is -0.903. The number of ketones is 1. The number of fused-ring (bicyclic) bond motifs is 1. The van der Waals surface area contributed by atoms with Gasteiger partial charge in [-0.25, -0.2) is 4.98 Å².